The quantitative estimate of drug-likeness (QED) is 0.0163. The Balaban J connectivity index is -0.00000128. The average molecular weight is 1700 g/mol. The number of likely N-dealkylation sites (tertiary alicyclic amines) is 4. The molecule has 0 aromatic rings. The van der Waals surface area contributed by atoms with E-state index < -0.39 is 5.60 Å². The number of ether oxygens (including phenoxy) is 8. The van der Waals surface area contributed by atoms with E-state index in [0.717, 1.165) is 167 Å². The van der Waals surface area contributed by atoms with Crippen LogP contribution in [0.1, 0.15) is 268 Å². The Bertz CT molecular complexity index is 2510. The number of rotatable bonds is 37. The van der Waals surface area contributed by atoms with Crippen molar-refractivity contribution in [1.82, 2.24) is 39.2 Å². The summed E-state index contributed by atoms with van der Waals surface area (Å²) in [5.41, 5.74) is -0.446. The largest absolute Gasteiger partial charge is 0.449 e. The van der Waals surface area contributed by atoms with E-state index in [-0.39, 0.29) is 145 Å². The van der Waals surface area contributed by atoms with Gasteiger partial charge in [0.2, 0.25) is 0 Å². The fraction of sp³-hybridized carbons (Fsp3) is 0.860. The molecule has 0 aromatic heterocycles. The van der Waals surface area contributed by atoms with Gasteiger partial charge in [-0.15, -0.1) is 6.58 Å². The lowest BCUT2D eigenvalue weighted by Gasteiger charge is -2.36. The maximum absolute atomic E-state index is 11.9. The standard InChI is InChI=1S/3C12H23NO3.C11H21NO3.C11H19NO3.C10H21NO3.C9H19NO3.C9H17NO3/c1-12(2,3)16-11(15)13-8-5-4-6-10(13)7-9-14;1-3-10(2)16-12(15)13-8-5-4-6-11(13)7-9-14;1-2-3-10-16-12(15)13-8-5-4-6-11(13)7-9-14;1-12(8-5-9-13)11(14)15-10-6-3-2-4-7-10;1-2-9-15-11(14)12-7-4-3-5-10(12)6-8-13;1-4-9(2)8-14-10(13)11(3)6-5-7-12;2*1-3-4-8-13-9(12)10(2)6-5-7-11/h10,14H,4-9H2,1-3H3;10-11,14H,3-9H2,1-2H3;11,14H,2-10H2,1H3;10,13H,2-9H2,1H3;2,10,13H,1,3-9H2;9,12H,4-8H2,1-3H3;11H,3-8H2,1-2H3;3,11H,1,4-8H2,2H3. The number of amides is 8. The van der Waals surface area contributed by atoms with Crippen LogP contribution in [0.15, 0.2) is 25.3 Å². The summed E-state index contributed by atoms with van der Waals surface area (Å²) in [6.07, 6.45) is 30.7. The van der Waals surface area contributed by atoms with Gasteiger partial charge in [-0.25, -0.2) is 38.4 Å². The van der Waals surface area contributed by atoms with Gasteiger partial charge in [0, 0.05) is 158 Å². The second-order valence-corrected chi connectivity index (χ2v) is 31.2. The fourth-order valence-electron chi connectivity index (χ4n) is 12.2. The molecule has 118 heavy (non-hydrogen) atoms. The van der Waals surface area contributed by atoms with Gasteiger partial charge < -0.3 is 118 Å². The van der Waals surface area contributed by atoms with Crippen LogP contribution in [0.2, 0.25) is 0 Å². The first kappa shape index (κ1) is 115. The minimum Gasteiger partial charge on any atom is -0.449 e. The summed E-state index contributed by atoms with van der Waals surface area (Å²) in [6.45, 7) is 33.0. The highest BCUT2D eigenvalue weighted by atomic mass is 16.6. The molecule has 0 radical (unpaired) electrons. The summed E-state index contributed by atoms with van der Waals surface area (Å²) >= 11 is 0. The fourth-order valence-corrected chi connectivity index (χ4v) is 12.2. The van der Waals surface area contributed by atoms with Gasteiger partial charge in [0.05, 0.1) is 26.4 Å². The van der Waals surface area contributed by atoms with Crippen molar-refractivity contribution < 1.29 is 117 Å². The first-order valence-corrected chi connectivity index (χ1v) is 44.0. The highest BCUT2D eigenvalue weighted by molar-refractivity contribution is 5.71. The zero-order valence-electron chi connectivity index (χ0n) is 75.3. The zero-order chi connectivity index (χ0) is 89.3. The van der Waals surface area contributed by atoms with Crippen LogP contribution in [0.3, 0.4) is 0 Å². The predicted molar refractivity (Wildman–Crippen MR) is 458 cm³/mol. The normalized spacial score (nSPS) is 17.4. The topological polar surface area (TPSA) is 398 Å². The van der Waals surface area contributed by atoms with E-state index in [1.165, 1.54) is 26.0 Å². The van der Waals surface area contributed by atoms with E-state index >= 15 is 0 Å². The van der Waals surface area contributed by atoms with Gasteiger partial charge in [-0.1, -0.05) is 79.0 Å². The Labute approximate surface area is 709 Å². The molecule has 1 aliphatic carbocycles. The van der Waals surface area contributed by atoms with Crippen molar-refractivity contribution in [1.29, 1.82) is 0 Å². The summed E-state index contributed by atoms with van der Waals surface area (Å²) < 4.78 is 41.1. The lowest BCUT2D eigenvalue weighted by Crippen LogP contribution is -2.46. The van der Waals surface area contributed by atoms with Crippen LogP contribution in [0.25, 0.3) is 0 Å². The van der Waals surface area contributed by atoms with Crippen molar-refractivity contribution in [2.24, 2.45) is 5.92 Å². The number of hydrogen-bond acceptors (Lipinski definition) is 24. The first-order valence-electron chi connectivity index (χ1n) is 44.0. The first-order chi connectivity index (χ1) is 56.5. The van der Waals surface area contributed by atoms with Crippen molar-refractivity contribution in [3.63, 3.8) is 0 Å². The molecule has 32 nitrogen and oxygen atoms in total. The van der Waals surface area contributed by atoms with Gasteiger partial charge in [-0.3, -0.25) is 0 Å². The molecule has 4 heterocycles. The summed E-state index contributed by atoms with van der Waals surface area (Å²) in [4.78, 5) is 105. The van der Waals surface area contributed by atoms with E-state index in [2.05, 4.69) is 27.0 Å². The molecular formula is C86H166N8O24. The summed E-state index contributed by atoms with van der Waals surface area (Å²) in [5.74, 6) is 0.408. The monoisotopic (exact) mass is 1700 g/mol. The van der Waals surface area contributed by atoms with Crippen molar-refractivity contribution in [3.8, 4) is 0 Å². The number of piperidine rings is 4. The van der Waals surface area contributed by atoms with Crippen LogP contribution in [-0.4, -0.2) is 337 Å². The van der Waals surface area contributed by atoms with Crippen molar-refractivity contribution in [2.75, 3.05) is 166 Å². The molecule has 5 fully saturated rings. The number of aliphatic hydroxyl groups is 8. The maximum Gasteiger partial charge on any atom is 0.410 e. The predicted octanol–water partition coefficient (Wildman–Crippen LogP) is 13.5. The Kier molecular flexibility index (Phi) is 74.8. The van der Waals surface area contributed by atoms with E-state index in [4.69, 9.17) is 78.7 Å². The molecule has 8 amide bonds. The molecule has 5 aliphatic rings. The summed E-state index contributed by atoms with van der Waals surface area (Å²) in [6, 6.07) is 0.623. The molecule has 0 spiro atoms. The van der Waals surface area contributed by atoms with Crippen LogP contribution in [-0.2, 0) is 37.9 Å². The van der Waals surface area contributed by atoms with Crippen LogP contribution in [0.4, 0.5) is 38.4 Å². The van der Waals surface area contributed by atoms with Crippen molar-refractivity contribution in [3.05, 3.63) is 25.3 Å². The van der Waals surface area contributed by atoms with Crippen LogP contribution >= 0.6 is 0 Å². The number of hydrogen-bond donors (Lipinski definition) is 8. The maximum atomic E-state index is 11.9. The Morgan fingerprint density at radius 2 is 0.754 bits per heavy atom. The number of carbonyl (C=O) groups excluding carboxylic acids is 8. The molecule has 694 valence electrons. The van der Waals surface area contributed by atoms with Gasteiger partial charge in [0.1, 0.15) is 24.4 Å². The Morgan fingerprint density at radius 3 is 1.10 bits per heavy atom. The molecule has 6 atom stereocenters. The molecule has 6 unspecified atom stereocenters. The Hall–Kier alpha value is -6.68. The summed E-state index contributed by atoms with van der Waals surface area (Å²) in [5, 5.41) is 70.1. The molecule has 4 aliphatic heterocycles. The van der Waals surface area contributed by atoms with E-state index in [1.807, 2.05) is 48.5 Å². The van der Waals surface area contributed by atoms with Gasteiger partial charge in [-0.05, 0) is 213 Å². The van der Waals surface area contributed by atoms with Gasteiger partial charge in [0.15, 0.2) is 0 Å². The SMILES string of the molecule is C=CCCOC(=O)N(C)CCCO.C=CCOC(=O)N1CCCCC1CCO.CC(C)(C)OC(=O)N1CCCCC1CCO.CCC(C)COC(=O)N(C)CCCO.CCC(C)OC(=O)N1CCCCC1CCO.CCCCOC(=O)N(C)CCCO.CCCCOC(=O)N1CCCCC1CCO.CN(CCCO)C(=O)OC1CCCCC1. The van der Waals surface area contributed by atoms with E-state index in [9.17, 15) is 38.4 Å². The second kappa shape index (κ2) is 76.5. The highest BCUT2D eigenvalue weighted by Crippen LogP contribution is 2.26. The van der Waals surface area contributed by atoms with Gasteiger partial charge in [-0.2, -0.15) is 0 Å². The number of aliphatic hydroxyl groups excluding tert-OH is 8. The molecule has 0 bridgehead atoms. The third-order valence-corrected chi connectivity index (χ3v) is 19.7. The second-order valence-electron chi connectivity index (χ2n) is 31.2. The van der Waals surface area contributed by atoms with Crippen LogP contribution in [0, 0.1) is 5.92 Å². The lowest BCUT2D eigenvalue weighted by atomic mass is 9.98. The molecule has 4 saturated heterocycles. The molecule has 32 heteroatoms. The molecular weight excluding hydrogens is 1530 g/mol. The van der Waals surface area contributed by atoms with Crippen molar-refractivity contribution in [2.45, 2.75) is 310 Å². The zero-order valence-corrected chi connectivity index (χ0v) is 75.3. The lowest BCUT2D eigenvalue weighted by molar-refractivity contribution is 0.00693. The highest BCUT2D eigenvalue weighted by Gasteiger charge is 2.33. The Morgan fingerprint density at radius 1 is 0.407 bits per heavy atom. The molecule has 0 aromatic carbocycles. The summed E-state index contributed by atoms with van der Waals surface area (Å²) in [7, 11) is 6.70. The average Bonchev–Trinajstić information content (AvgIpc) is 0.868. The smallest absolute Gasteiger partial charge is 0.410 e. The number of carbonyl (C=O) groups is 8. The van der Waals surface area contributed by atoms with Crippen LogP contribution in [0.5, 0.6) is 0 Å². The van der Waals surface area contributed by atoms with E-state index in [0.29, 0.717) is 116 Å². The minimum atomic E-state index is -0.446. The molecule has 8 N–H and O–H groups in total. The third-order valence-electron chi connectivity index (χ3n) is 19.7. The minimum absolute atomic E-state index is 0.0239. The van der Waals surface area contributed by atoms with Gasteiger partial charge >= 0.3 is 48.7 Å². The molecule has 5 rings (SSSR count). The number of nitrogens with zero attached hydrogens (tertiary/aromatic N) is 8. The van der Waals surface area contributed by atoms with E-state index in [1.54, 1.807) is 59.9 Å². The van der Waals surface area contributed by atoms with Crippen LogP contribution < -0.4 is 0 Å². The van der Waals surface area contributed by atoms with Crippen molar-refractivity contribution >= 4 is 48.7 Å². The van der Waals surface area contributed by atoms with Gasteiger partial charge in [0.25, 0.3) is 0 Å². The molecule has 1 saturated carbocycles. The number of unbranched alkanes of at least 4 members (excludes halogenated alkanes) is 2. The third kappa shape index (κ3) is 59.9.